The maximum absolute atomic E-state index is 6.11. The molecule has 15 heavy (non-hydrogen) atoms. The van der Waals surface area contributed by atoms with Crippen molar-refractivity contribution < 1.29 is 0 Å². The predicted molar refractivity (Wildman–Crippen MR) is 58.2 cm³/mol. The van der Waals surface area contributed by atoms with Gasteiger partial charge in [-0.1, -0.05) is 30.3 Å². The van der Waals surface area contributed by atoms with Crippen LogP contribution < -0.4 is 5.73 Å². The normalized spacial score (nSPS) is 12.7. The number of benzene rings is 1. The minimum atomic E-state index is -0.211. The molecule has 0 amide bonds. The van der Waals surface area contributed by atoms with Crippen LogP contribution in [-0.2, 0) is 7.05 Å². The van der Waals surface area contributed by atoms with E-state index in [4.69, 9.17) is 5.73 Å². The second-order valence-electron chi connectivity index (χ2n) is 3.55. The molecule has 4 nitrogen and oxygen atoms in total. The Bertz CT molecular complexity index is 447. The maximum Gasteiger partial charge on any atom is 0.154 e. The molecule has 0 saturated carbocycles. The number of nitrogens with two attached hydrogens (primary N) is 1. The van der Waals surface area contributed by atoms with Crippen LogP contribution in [0.2, 0.25) is 0 Å². The van der Waals surface area contributed by atoms with E-state index < -0.39 is 0 Å². The number of aryl methyl sites for hydroxylation is 1. The molecule has 1 unspecified atom stereocenters. The first-order valence-corrected chi connectivity index (χ1v) is 4.86. The molecule has 2 aromatic rings. The van der Waals surface area contributed by atoms with Crippen molar-refractivity contribution in [3.8, 4) is 0 Å². The van der Waals surface area contributed by atoms with Gasteiger partial charge in [-0.3, -0.25) is 0 Å². The summed E-state index contributed by atoms with van der Waals surface area (Å²) < 4.78 is 1.91. The first kappa shape index (κ1) is 9.86. The summed E-state index contributed by atoms with van der Waals surface area (Å²) in [7, 11) is 1.92. The summed E-state index contributed by atoms with van der Waals surface area (Å²) in [5, 5.41) is 8.08. The Hall–Kier alpha value is -1.68. The largest absolute Gasteiger partial charge is 0.318 e. The molecule has 0 spiro atoms. The third-order valence-corrected chi connectivity index (χ3v) is 2.56. The van der Waals surface area contributed by atoms with Gasteiger partial charge >= 0.3 is 0 Å². The zero-order valence-electron chi connectivity index (χ0n) is 8.88. The third kappa shape index (κ3) is 1.76. The Morgan fingerprint density at radius 2 is 1.87 bits per heavy atom. The Kier molecular flexibility index (Phi) is 2.51. The van der Waals surface area contributed by atoms with Crippen LogP contribution in [0.4, 0.5) is 0 Å². The number of rotatable bonds is 2. The average molecular weight is 202 g/mol. The zero-order valence-corrected chi connectivity index (χ0v) is 8.88. The van der Waals surface area contributed by atoms with Crippen LogP contribution in [0, 0.1) is 6.92 Å². The van der Waals surface area contributed by atoms with Gasteiger partial charge in [0.15, 0.2) is 5.82 Å². The van der Waals surface area contributed by atoms with E-state index in [1.54, 1.807) is 0 Å². The highest BCUT2D eigenvalue weighted by atomic mass is 15.3. The monoisotopic (exact) mass is 202 g/mol. The molecule has 0 radical (unpaired) electrons. The van der Waals surface area contributed by atoms with Crippen molar-refractivity contribution in [2.75, 3.05) is 0 Å². The van der Waals surface area contributed by atoms with Crippen molar-refractivity contribution >= 4 is 0 Å². The van der Waals surface area contributed by atoms with E-state index in [9.17, 15) is 0 Å². The second-order valence-corrected chi connectivity index (χ2v) is 3.55. The van der Waals surface area contributed by atoms with Gasteiger partial charge in [0.05, 0.1) is 6.04 Å². The SMILES string of the molecule is Cc1nnc(C(N)c2ccccc2)n1C. The smallest absolute Gasteiger partial charge is 0.154 e. The first-order valence-electron chi connectivity index (χ1n) is 4.86. The number of nitrogens with zero attached hydrogens (tertiary/aromatic N) is 3. The molecule has 1 heterocycles. The van der Waals surface area contributed by atoms with Crippen LogP contribution in [-0.4, -0.2) is 14.8 Å². The summed E-state index contributed by atoms with van der Waals surface area (Å²) in [6.45, 7) is 1.91. The molecule has 0 aliphatic rings. The predicted octanol–water partition coefficient (Wildman–Crippen LogP) is 1.17. The lowest BCUT2D eigenvalue weighted by Gasteiger charge is -2.10. The van der Waals surface area contributed by atoms with Crippen LogP contribution in [0.3, 0.4) is 0 Å². The maximum atomic E-state index is 6.11. The van der Waals surface area contributed by atoms with Gasteiger partial charge in [-0.15, -0.1) is 10.2 Å². The molecular formula is C11H14N4. The molecule has 4 heteroatoms. The van der Waals surface area contributed by atoms with Gasteiger partial charge in [-0.2, -0.15) is 0 Å². The average Bonchev–Trinajstić information content (AvgIpc) is 2.60. The van der Waals surface area contributed by atoms with Crippen molar-refractivity contribution in [1.82, 2.24) is 14.8 Å². The van der Waals surface area contributed by atoms with Crippen LogP contribution in [0.15, 0.2) is 30.3 Å². The van der Waals surface area contributed by atoms with Crippen molar-refractivity contribution in [1.29, 1.82) is 0 Å². The standard InChI is InChI=1S/C11H14N4/c1-8-13-14-11(15(8)2)10(12)9-6-4-3-5-7-9/h3-7,10H,12H2,1-2H3. The van der Waals surface area contributed by atoms with Gasteiger partial charge in [0.1, 0.15) is 5.82 Å². The van der Waals surface area contributed by atoms with Crippen LogP contribution in [0.25, 0.3) is 0 Å². The lowest BCUT2D eigenvalue weighted by Crippen LogP contribution is -2.16. The number of hydrogen-bond acceptors (Lipinski definition) is 3. The van der Waals surface area contributed by atoms with Gasteiger partial charge < -0.3 is 10.3 Å². The van der Waals surface area contributed by atoms with Crippen molar-refractivity contribution in [2.45, 2.75) is 13.0 Å². The molecule has 1 aromatic heterocycles. The fraction of sp³-hybridized carbons (Fsp3) is 0.273. The molecule has 0 saturated heterocycles. The Morgan fingerprint density at radius 1 is 1.20 bits per heavy atom. The second kappa shape index (κ2) is 3.82. The van der Waals surface area contributed by atoms with Gasteiger partial charge in [0, 0.05) is 7.05 Å². The van der Waals surface area contributed by atoms with E-state index in [1.807, 2.05) is 48.9 Å². The fourth-order valence-electron chi connectivity index (χ4n) is 1.50. The Balaban J connectivity index is 2.37. The highest BCUT2D eigenvalue weighted by Gasteiger charge is 2.15. The molecule has 0 aliphatic carbocycles. The van der Waals surface area contributed by atoms with Crippen molar-refractivity contribution in [3.63, 3.8) is 0 Å². The molecule has 2 N–H and O–H groups in total. The van der Waals surface area contributed by atoms with Crippen molar-refractivity contribution in [2.24, 2.45) is 12.8 Å². The molecule has 0 bridgehead atoms. The van der Waals surface area contributed by atoms with Gasteiger partial charge in [-0.25, -0.2) is 0 Å². The molecular weight excluding hydrogens is 188 g/mol. The molecule has 1 aromatic carbocycles. The van der Waals surface area contributed by atoms with Gasteiger partial charge in [0.2, 0.25) is 0 Å². The number of aromatic nitrogens is 3. The summed E-state index contributed by atoms with van der Waals surface area (Å²) in [6, 6.07) is 9.69. The van der Waals surface area contributed by atoms with Crippen LogP contribution >= 0.6 is 0 Å². The topological polar surface area (TPSA) is 56.7 Å². The quantitative estimate of drug-likeness (QED) is 0.795. The minimum absolute atomic E-state index is 0.211. The summed E-state index contributed by atoms with van der Waals surface area (Å²) in [4.78, 5) is 0. The highest BCUT2D eigenvalue weighted by Crippen LogP contribution is 2.16. The molecule has 0 fully saturated rings. The first-order chi connectivity index (χ1) is 7.20. The van der Waals surface area contributed by atoms with Gasteiger partial charge in [-0.05, 0) is 12.5 Å². The van der Waals surface area contributed by atoms with E-state index in [-0.39, 0.29) is 6.04 Å². The molecule has 78 valence electrons. The molecule has 1 atom stereocenters. The Morgan fingerprint density at radius 3 is 2.40 bits per heavy atom. The van der Waals surface area contributed by atoms with E-state index in [0.29, 0.717) is 0 Å². The van der Waals surface area contributed by atoms with E-state index in [0.717, 1.165) is 17.2 Å². The van der Waals surface area contributed by atoms with E-state index in [2.05, 4.69) is 10.2 Å². The summed E-state index contributed by atoms with van der Waals surface area (Å²) in [5.41, 5.74) is 7.16. The highest BCUT2D eigenvalue weighted by molar-refractivity contribution is 5.24. The van der Waals surface area contributed by atoms with E-state index >= 15 is 0 Å². The van der Waals surface area contributed by atoms with Crippen molar-refractivity contribution in [3.05, 3.63) is 47.5 Å². The van der Waals surface area contributed by atoms with Gasteiger partial charge in [0.25, 0.3) is 0 Å². The lowest BCUT2D eigenvalue weighted by molar-refractivity contribution is 0.706. The van der Waals surface area contributed by atoms with Crippen LogP contribution in [0.1, 0.15) is 23.3 Å². The summed E-state index contributed by atoms with van der Waals surface area (Å²) in [5.74, 6) is 1.66. The van der Waals surface area contributed by atoms with Crippen LogP contribution in [0.5, 0.6) is 0 Å². The van der Waals surface area contributed by atoms with E-state index in [1.165, 1.54) is 0 Å². The fourth-order valence-corrected chi connectivity index (χ4v) is 1.50. The lowest BCUT2D eigenvalue weighted by atomic mass is 10.1. The Labute approximate surface area is 88.8 Å². The zero-order chi connectivity index (χ0) is 10.8. The molecule has 0 aliphatic heterocycles. The summed E-state index contributed by atoms with van der Waals surface area (Å²) in [6.07, 6.45) is 0. The summed E-state index contributed by atoms with van der Waals surface area (Å²) >= 11 is 0. The molecule has 2 rings (SSSR count). The minimum Gasteiger partial charge on any atom is -0.318 e. The number of hydrogen-bond donors (Lipinski definition) is 1. The third-order valence-electron chi connectivity index (χ3n) is 2.56.